The fourth-order valence-corrected chi connectivity index (χ4v) is 2.50. The van der Waals surface area contributed by atoms with Gasteiger partial charge in [-0.15, -0.1) is 0 Å². The van der Waals surface area contributed by atoms with Crippen molar-refractivity contribution in [3.63, 3.8) is 0 Å². The van der Waals surface area contributed by atoms with Crippen molar-refractivity contribution in [2.75, 3.05) is 5.73 Å². The van der Waals surface area contributed by atoms with E-state index in [9.17, 15) is 10.1 Å². The second-order valence-corrected chi connectivity index (χ2v) is 5.43. The third-order valence-electron chi connectivity index (χ3n) is 2.44. The molecule has 0 atom stereocenters. The van der Waals surface area contributed by atoms with E-state index >= 15 is 0 Å². The van der Waals surface area contributed by atoms with Crippen LogP contribution in [0, 0.1) is 16.0 Å². The molecular formula is C11H13N3O3S. The summed E-state index contributed by atoms with van der Waals surface area (Å²) in [5.41, 5.74) is 7.17. The Morgan fingerprint density at radius 2 is 2.28 bits per heavy atom. The molecule has 0 aliphatic rings. The number of hydrogen-bond donors (Lipinski definition) is 1. The van der Waals surface area contributed by atoms with E-state index in [0.717, 1.165) is 23.3 Å². The Morgan fingerprint density at radius 1 is 1.56 bits per heavy atom. The summed E-state index contributed by atoms with van der Waals surface area (Å²) in [7, 11) is 0. The molecule has 2 aromatic heterocycles. The molecule has 6 nitrogen and oxygen atoms in total. The molecule has 2 N–H and O–H groups in total. The topological polar surface area (TPSA) is 95.2 Å². The highest BCUT2D eigenvalue weighted by Crippen LogP contribution is 2.36. The lowest BCUT2D eigenvalue weighted by atomic mass is 10.0. The molecule has 2 rings (SSSR count). The maximum atomic E-state index is 10.7. The highest BCUT2D eigenvalue weighted by Gasteiger charge is 2.20. The number of rotatable bonds is 4. The quantitative estimate of drug-likeness (QED) is 0.678. The van der Waals surface area contributed by atoms with Gasteiger partial charge in [0.15, 0.2) is 0 Å². The van der Waals surface area contributed by atoms with Crippen LogP contribution >= 0.6 is 11.3 Å². The minimum atomic E-state index is -0.417. The van der Waals surface area contributed by atoms with E-state index in [1.807, 2.05) is 0 Å². The molecule has 0 aromatic carbocycles. The lowest BCUT2D eigenvalue weighted by Gasteiger charge is -2.03. The molecule has 7 heteroatoms. The number of thiophene rings is 1. The van der Waals surface area contributed by atoms with Crippen molar-refractivity contribution in [3.8, 4) is 10.6 Å². The third-order valence-corrected chi connectivity index (χ3v) is 3.48. The van der Waals surface area contributed by atoms with Gasteiger partial charge in [-0.25, -0.2) is 0 Å². The molecule has 0 aliphatic heterocycles. The monoisotopic (exact) mass is 267 g/mol. The van der Waals surface area contributed by atoms with Crippen molar-refractivity contribution in [2.24, 2.45) is 5.92 Å². The van der Waals surface area contributed by atoms with Gasteiger partial charge in [0.2, 0.25) is 5.88 Å². The SMILES string of the molecule is CC(C)Cc1c(-c2ccc([N+](=O)[O-])s2)noc1N. The summed E-state index contributed by atoms with van der Waals surface area (Å²) in [5.74, 6) is 0.690. The number of nitrogen functional groups attached to an aromatic ring is 1. The van der Waals surface area contributed by atoms with Gasteiger partial charge in [-0.2, -0.15) is 0 Å². The molecule has 0 spiro atoms. The standard InChI is InChI=1S/C11H13N3O3S/c1-6(2)5-7-10(13-17-11(7)12)8-3-4-9(18-8)14(15)16/h3-4,6H,5,12H2,1-2H3. The Bertz CT molecular complexity index is 574. The highest BCUT2D eigenvalue weighted by molar-refractivity contribution is 7.18. The van der Waals surface area contributed by atoms with E-state index in [1.165, 1.54) is 6.07 Å². The predicted molar refractivity (Wildman–Crippen MR) is 69.4 cm³/mol. The van der Waals surface area contributed by atoms with Gasteiger partial charge in [0.25, 0.3) is 0 Å². The summed E-state index contributed by atoms with van der Waals surface area (Å²) in [4.78, 5) is 11.0. The zero-order valence-corrected chi connectivity index (χ0v) is 10.9. The average molecular weight is 267 g/mol. The summed E-state index contributed by atoms with van der Waals surface area (Å²) in [6.07, 6.45) is 0.733. The summed E-state index contributed by atoms with van der Waals surface area (Å²) in [6, 6.07) is 3.13. The first-order valence-electron chi connectivity index (χ1n) is 5.47. The molecule has 0 unspecified atom stereocenters. The molecule has 0 bridgehead atoms. The number of aromatic nitrogens is 1. The van der Waals surface area contributed by atoms with Crippen LogP contribution in [0.15, 0.2) is 16.7 Å². The van der Waals surface area contributed by atoms with Crippen molar-refractivity contribution in [1.29, 1.82) is 0 Å². The van der Waals surface area contributed by atoms with Crippen LogP contribution in [0.4, 0.5) is 10.9 Å². The maximum Gasteiger partial charge on any atom is 0.324 e. The van der Waals surface area contributed by atoms with Gasteiger partial charge in [-0.1, -0.05) is 30.3 Å². The Morgan fingerprint density at radius 3 is 2.83 bits per heavy atom. The smallest absolute Gasteiger partial charge is 0.324 e. The summed E-state index contributed by atoms with van der Waals surface area (Å²) in [5, 5.41) is 14.6. The first kappa shape index (κ1) is 12.6. The van der Waals surface area contributed by atoms with Crippen molar-refractivity contribution in [2.45, 2.75) is 20.3 Å². The molecule has 0 amide bonds. The van der Waals surface area contributed by atoms with Crippen LogP contribution in [0.2, 0.25) is 0 Å². The maximum absolute atomic E-state index is 10.7. The second-order valence-electron chi connectivity index (χ2n) is 4.37. The number of hydrogen-bond acceptors (Lipinski definition) is 6. The largest absolute Gasteiger partial charge is 0.367 e. The molecule has 0 fully saturated rings. The molecule has 0 saturated carbocycles. The lowest BCUT2D eigenvalue weighted by Crippen LogP contribution is -1.98. The van der Waals surface area contributed by atoms with Crippen molar-refractivity contribution >= 4 is 22.2 Å². The predicted octanol–water partition coefficient (Wildman–Crippen LogP) is 3.09. The number of nitrogens with two attached hydrogens (primary N) is 1. The van der Waals surface area contributed by atoms with Gasteiger partial charge < -0.3 is 10.3 Å². The summed E-state index contributed by atoms with van der Waals surface area (Å²) < 4.78 is 4.99. The second kappa shape index (κ2) is 4.77. The van der Waals surface area contributed by atoms with Gasteiger partial charge in [-0.3, -0.25) is 10.1 Å². The van der Waals surface area contributed by atoms with Crippen LogP contribution in [-0.2, 0) is 6.42 Å². The molecular weight excluding hydrogens is 254 g/mol. The molecule has 18 heavy (non-hydrogen) atoms. The molecule has 0 radical (unpaired) electrons. The van der Waals surface area contributed by atoms with Gasteiger partial charge in [0, 0.05) is 11.6 Å². The highest BCUT2D eigenvalue weighted by atomic mass is 32.1. The molecule has 0 saturated heterocycles. The zero-order valence-electron chi connectivity index (χ0n) is 10.0. The van der Waals surface area contributed by atoms with Crippen LogP contribution < -0.4 is 5.73 Å². The van der Waals surface area contributed by atoms with Crippen LogP contribution in [0.5, 0.6) is 0 Å². The van der Waals surface area contributed by atoms with E-state index in [2.05, 4.69) is 19.0 Å². The Kier molecular flexibility index (Phi) is 3.33. The van der Waals surface area contributed by atoms with Crippen LogP contribution in [0.1, 0.15) is 19.4 Å². The van der Waals surface area contributed by atoms with Gasteiger partial charge in [-0.05, 0) is 18.4 Å². The number of nitro groups is 1. The third kappa shape index (κ3) is 2.35. The summed E-state index contributed by atoms with van der Waals surface area (Å²) >= 11 is 1.07. The Balaban J connectivity index is 2.40. The van der Waals surface area contributed by atoms with Crippen LogP contribution in [0.25, 0.3) is 10.6 Å². The van der Waals surface area contributed by atoms with Crippen LogP contribution in [-0.4, -0.2) is 10.1 Å². The minimum Gasteiger partial charge on any atom is -0.367 e. The lowest BCUT2D eigenvalue weighted by molar-refractivity contribution is -0.380. The van der Waals surface area contributed by atoms with E-state index in [4.69, 9.17) is 10.3 Å². The van der Waals surface area contributed by atoms with Crippen molar-refractivity contribution in [3.05, 3.63) is 27.8 Å². The van der Waals surface area contributed by atoms with E-state index in [-0.39, 0.29) is 10.9 Å². The van der Waals surface area contributed by atoms with Crippen molar-refractivity contribution in [1.82, 2.24) is 5.16 Å². The van der Waals surface area contributed by atoms with Crippen molar-refractivity contribution < 1.29 is 9.45 Å². The minimum absolute atomic E-state index is 0.0852. The normalized spacial score (nSPS) is 11.1. The zero-order chi connectivity index (χ0) is 13.3. The van der Waals surface area contributed by atoms with Crippen LogP contribution in [0.3, 0.4) is 0 Å². The number of anilines is 1. The Hall–Kier alpha value is -1.89. The van der Waals surface area contributed by atoms with Gasteiger partial charge >= 0.3 is 5.00 Å². The molecule has 2 heterocycles. The molecule has 0 aliphatic carbocycles. The fourth-order valence-electron chi connectivity index (χ4n) is 1.67. The average Bonchev–Trinajstić information content (AvgIpc) is 2.86. The van der Waals surface area contributed by atoms with E-state index < -0.39 is 4.92 Å². The van der Waals surface area contributed by atoms with Gasteiger partial charge in [0.05, 0.1) is 9.80 Å². The summed E-state index contributed by atoms with van der Waals surface area (Å²) in [6.45, 7) is 4.13. The van der Waals surface area contributed by atoms with E-state index in [1.54, 1.807) is 6.07 Å². The fraction of sp³-hybridized carbons (Fsp3) is 0.364. The molecule has 96 valence electrons. The van der Waals surface area contributed by atoms with Gasteiger partial charge in [0.1, 0.15) is 5.69 Å². The number of nitrogens with zero attached hydrogens (tertiary/aromatic N) is 2. The Labute approximate surface area is 108 Å². The van der Waals surface area contributed by atoms with E-state index in [0.29, 0.717) is 16.5 Å². The molecule has 2 aromatic rings. The first-order chi connectivity index (χ1) is 8.49. The first-order valence-corrected chi connectivity index (χ1v) is 6.29.